The highest BCUT2D eigenvalue weighted by Crippen LogP contribution is 2.18. The second-order valence-electron chi connectivity index (χ2n) is 6.15. The molecule has 0 aliphatic heterocycles. The highest BCUT2D eigenvalue weighted by Gasteiger charge is 2.26. The Morgan fingerprint density at radius 2 is 1.80 bits per heavy atom. The number of rotatable bonds is 6. The summed E-state index contributed by atoms with van der Waals surface area (Å²) in [7, 11) is 0. The average molecular weight is 342 g/mol. The van der Waals surface area contributed by atoms with Gasteiger partial charge >= 0.3 is 0 Å². The molecular weight excluding hydrogens is 319 g/mol. The molecule has 2 rings (SSSR count). The van der Waals surface area contributed by atoms with Crippen LogP contribution in [0, 0.1) is 18.7 Å². The number of aryl methyl sites for hydroxylation is 1. The van der Waals surface area contributed by atoms with Crippen molar-refractivity contribution < 1.29 is 14.0 Å². The summed E-state index contributed by atoms with van der Waals surface area (Å²) < 4.78 is 13.4. The molecule has 0 bridgehead atoms. The van der Waals surface area contributed by atoms with Gasteiger partial charge in [0.1, 0.15) is 11.9 Å². The number of carbonyl (C=O) groups excluding carboxylic acids is 2. The van der Waals surface area contributed by atoms with E-state index in [1.165, 1.54) is 12.1 Å². The summed E-state index contributed by atoms with van der Waals surface area (Å²) in [6.07, 6.45) is 0.718. The second-order valence-corrected chi connectivity index (χ2v) is 6.15. The number of carbonyl (C=O) groups is 2. The van der Waals surface area contributed by atoms with E-state index in [9.17, 15) is 14.0 Å². The lowest BCUT2D eigenvalue weighted by Crippen LogP contribution is -2.47. The predicted octanol–water partition coefficient (Wildman–Crippen LogP) is 3.92. The molecule has 25 heavy (non-hydrogen) atoms. The second kappa shape index (κ2) is 8.42. The molecule has 0 saturated heterocycles. The minimum Gasteiger partial charge on any atom is -0.340 e. The average Bonchev–Trinajstić information content (AvgIpc) is 2.62. The van der Waals surface area contributed by atoms with Gasteiger partial charge in [0.05, 0.1) is 0 Å². The Hall–Kier alpha value is -2.69. The van der Waals surface area contributed by atoms with Crippen LogP contribution in [0.3, 0.4) is 0 Å². The van der Waals surface area contributed by atoms with Gasteiger partial charge in [-0.3, -0.25) is 9.59 Å². The van der Waals surface area contributed by atoms with Crippen LogP contribution in [0.1, 0.15) is 36.2 Å². The number of nitrogens with one attached hydrogen (secondary N) is 2. The van der Waals surface area contributed by atoms with Crippen LogP contribution in [0.5, 0.6) is 0 Å². The zero-order valence-electron chi connectivity index (χ0n) is 14.7. The van der Waals surface area contributed by atoms with Crippen LogP contribution >= 0.6 is 0 Å². The molecule has 0 aliphatic rings. The van der Waals surface area contributed by atoms with Gasteiger partial charge in [0.2, 0.25) is 5.91 Å². The smallest absolute Gasteiger partial charge is 0.251 e. The third kappa shape index (κ3) is 4.89. The maximum Gasteiger partial charge on any atom is 0.251 e. The molecule has 2 amide bonds. The van der Waals surface area contributed by atoms with E-state index in [-0.39, 0.29) is 17.7 Å². The van der Waals surface area contributed by atoms with Gasteiger partial charge in [0, 0.05) is 11.3 Å². The summed E-state index contributed by atoms with van der Waals surface area (Å²) in [6.45, 7) is 5.64. The number of hydrogen-bond donors (Lipinski definition) is 2. The molecule has 132 valence electrons. The van der Waals surface area contributed by atoms with E-state index in [0.717, 1.165) is 12.0 Å². The molecule has 0 heterocycles. The predicted molar refractivity (Wildman–Crippen MR) is 96.9 cm³/mol. The Morgan fingerprint density at radius 3 is 2.44 bits per heavy atom. The van der Waals surface area contributed by atoms with Gasteiger partial charge in [-0.25, -0.2) is 4.39 Å². The van der Waals surface area contributed by atoms with Gasteiger partial charge < -0.3 is 10.6 Å². The van der Waals surface area contributed by atoms with E-state index >= 15 is 0 Å². The number of anilines is 1. The maximum absolute atomic E-state index is 13.4. The van der Waals surface area contributed by atoms with Crippen LogP contribution in [0.2, 0.25) is 0 Å². The molecule has 2 atom stereocenters. The number of benzene rings is 2. The quantitative estimate of drug-likeness (QED) is 0.836. The maximum atomic E-state index is 13.4. The molecule has 0 saturated carbocycles. The molecule has 2 aromatic rings. The lowest BCUT2D eigenvalue weighted by molar-refractivity contribution is -0.119. The van der Waals surface area contributed by atoms with Crippen LogP contribution in [-0.2, 0) is 4.79 Å². The van der Waals surface area contributed by atoms with Crippen LogP contribution in [0.15, 0.2) is 48.5 Å². The summed E-state index contributed by atoms with van der Waals surface area (Å²) in [5, 5.41) is 5.52. The van der Waals surface area contributed by atoms with Crippen molar-refractivity contribution in [3.63, 3.8) is 0 Å². The lowest BCUT2D eigenvalue weighted by Gasteiger charge is -2.24. The van der Waals surface area contributed by atoms with Crippen molar-refractivity contribution in [1.82, 2.24) is 5.32 Å². The van der Waals surface area contributed by atoms with Gasteiger partial charge in [0.25, 0.3) is 5.91 Å². The summed E-state index contributed by atoms with van der Waals surface area (Å²) in [5.74, 6) is -1.15. The van der Waals surface area contributed by atoms with E-state index in [4.69, 9.17) is 0 Å². The normalized spacial score (nSPS) is 13.0. The minimum absolute atomic E-state index is 0.0680. The molecule has 5 heteroatoms. The van der Waals surface area contributed by atoms with Crippen molar-refractivity contribution in [2.24, 2.45) is 5.92 Å². The zero-order chi connectivity index (χ0) is 18.4. The van der Waals surface area contributed by atoms with Crippen molar-refractivity contribution >= 4 is 17.5 Å². The third-order valence-corrected chi connectivity index (χ3v) is 4.28. The van der Waals surface area contributed by atoms with Crippen molar-refractivity contribution in [2.45, 2.75) is 33.2 Å². The minimum atomic E-state index is -0.708. The number of halogens is 1. The summed E-state index contributed by atoms with van der Waals surface area (Å²) in [5.41, 5.74) is 1.66. The van der Waals surface area contributed by atoms with Crippen LogP contribution in [0.4, 0.5) is 10.1 Å². The first kappa shape index (κ1) is 18.6. The van der Waals surface area contributed by atoms with Crippen molar-refractivity contribution in [2.75, 3.05) is 5.32 Å². The van der Waals surface area contributed by atoms with Crippen molar-refractivity contribution in [3.05, 3.63) is 65.5 Å². The molecule has 0 unspecified atom stereocenters. The molecule has 0 aliphatic carbocycles. The van der Waals surface area contributed by atoms with E-state index in [0.29, 0.717) is 11.3 Å². The Balaban J connectivity index is 2.17. The first-order valence-corrected chi connectivity index (χ1v) is 8.35. The Labute approximate surface area is 147 Å². The molecular formula is C20H23FN2O2. The zero-order valence-corrected chi connectivity index (χ0v) is 14.7. The standard InChI is InChI=1S/C20H23FN2O2/c1-4-13(2)18(23-19(24)15-8-6-5-7-9-15)20(25)22-17-12-16(21)11-10-14(17)3/h5-13,18H,4H2,1-3H3,(H,22,25)(H,23,24)/t13-,18-/m0/s1. The lowest BCUT2D eigenvalue weighted by atomic mass is 9.97. The monoisotopic (exact) mass is 342 g/mol. The third-order valence-electron chi connectivity index (χ3n) is 4.28. The SMILES string of the molecule is CC[C@H](C)[C@H](NC(=O)c1ccccc1)C(=O)Nc1cc(F)ccc1C. The topological polar surface area (TPSA) is 58.2 Å². The van der Waals surface area contributed by atoms with Crippen LogP contribution in [0.25, 0.3) is 0 Å². The van der Waals surface area contributed by atoms with Gasteiger partial charge in [0.15, 0.2) is 0 Å². The Kier molecular flexibility index (Phi) is 6.28. The fraction of sp³-hybridized carbons (Fsp3) is 0.300. The van der Waals surface area contributed by atoms with Crippen molar-refractivity contribution in [3.8, 4) is 0 Å². The fourth-order valence-electron chi connectivity index (χ4n) is 2.46. The highest BCUT2D eigenvalue weighted by molar-refractivity contribution is 6.01. The first-order chi connectivity index (χ1) is 11.9. The molecule has 0 fully saturated rings. The highest BCUT2D eigenvalue weighted by atomic mass is 19.1. The first-order valence-electron chi connectivity index (χ1n) is 8.35. The fourth-order valence-corrected chi connectivity index (χ4v) is 2.46. The van der Waals surface area contributed by atoms with Crippen LogP contribution < -0.4 is 10.6 Å². The number of hydrogen-bond acceptors (Lipinski definition) is 2. The summed E-state index contributed by atoms with van der Waals surface area (Å²) in [6, 6.07) is 12.3. The van der Waals surface area contributed by atoms with E-state index < -0.39 is 11.9 Å². The van der Waals surface area contributed by atoms with E-state index in [1.807, 2.05) is 19.9 Å². The molecule has 0 spiro atoms. The molecule has 4 nitrogen and oxygen atoms in total. The van der Waals surface area contributed by atoms with Crippen molar-refractivity contribution in [1.29, 1.82) is 0 Å². The summed E-state index contributed by atoms with van der Waals surface area (Å²) >= 11 is 0. The molecule has 2 aromatic carbocycles. The number of amides is 2. The van der Waals surface area contributed by atoms with Gasteiger partial charge in [-0.2, -0.15) is 0 Å². The van der Waals surface area contributed by atoms with Gasteiger partial charge in [-0.05, 0) is 42.7 Å². The van der Waals surface area contributed by atoms with E-state index in [1.54, 1.807) is 37.3 Å². The summed E-state index contributed by atoms with van der Waals surface area (Å²) in [4.78, 5) is 25.1. The van der Waals surface area contributed by atoms with Gasteiger partial charge in [-0.15, -0.1) is 0 Å². The van der Waals surface area contributed by atoms with Gasteiger partial charge in [-0.1, -0.05) is 44.5 Å². The molecule has 0 radical (unpaired) electrons. The Morgan fingerprint density at radius 1 is 1.12 bits per heavy atom. The molecule has 2 N–H and O–H groups in total. The largest absolute Gasteiger partial charge is 0.340 e. The van der Waals surface area contributed by atoms with Crippen LogP contribution in [-0.4, -0.2) is 17.9 Å². The molecule has 0 aromatic heterocycles. The Bertz CT molecular complexity index is 747. The van der Waals surface area contributed by atoms with E-state index in [2.05, 4.69) is 10.6 Å².